The van der Waals surface area contributed by atoms with E-state index in [1.54, 1.807) is 13.2 Å². The van der Waals surface area contributed by atoms with Crippen molar-refractivity contribution in [3.63, 3.8) is 0 Å². The van der Waals surface area contributed by atoms with Gasteiger partial charge >= 0.3 is 0 Å². The average molecular weight is 207 g/mol. The Morgan fingerprint density at radius 2 is 2.13 bits per heavy atom. The summed E-state index contributed by atoms with van der Waals surface area (Å²) in [5.74, 6) is 6.11. The van der Waals surface area contributed by atoms with E-state index in [0.717, 1.165) is 0 Å². The van der Waals surface area contributed by atoms with Crippen molar-refractivity contribution in [1.29, 1.82) is 0 Å². The van der Waals surface area contributed by atoms with Gasteiger partial charge in [0.2, 0.25) is 0 Å². The Labute approximate surface area is 89.7 Å². The van der Waals surface area contributed by atoms with Crippen molar-refractivity contribution < 1.29 is 9.13 Å². The first-order valence-corrected chi connectivity index (χ1v) is 4.60. The maximum absolute atomic E-state index is 12.9. The van der Waals surface area contributed by atoms with Crippen LogP contribution in [0.15, 0.2) is 18.2 Å². The van der Waals surface area contributed by atoms with Crippen LogP contribution in [0.4, 0.5) is 4.39 Å². The number of methoxy groups -OCH3 is 1. The summed E-state index contributed by atoms with van der Waals surface area (Å²) < 4.78 is 18.0. The summed E-state index contributed by atoms with van der Waals surface area (Å²) in [6, 6.07) is 4.31. The molecule has 0 unspecified atom stereocenters. The lowest BCUT2D eigenvalue weighted by atomic mass is 10.2. The fourth-order valence-corrected chi connectivity index (χ4v) is 1.07. The molecule has 1 aromatic rings. The molecule has 0 amide bonds. The summed E-state index contributed by atoms with van der Waals surface area (Å²) in [5.41, 5.74) is 0.583. The van der Waals surface area contributed by atoms with Gasteiger partial charge in [-0.05, 0) is 32.3 Å². The normalized spacial score (nSPS) is 9.67. The first kappa shape index (κ1) is 11.5. The molecule has 3 heteroatoms. The molecule has 0 aromatic heterocycles. The van der Waals surface area contributed by atoms with E-state index in [-0.39, 0.29) is 5.82 Å². The highest BCUT2D eigenvalue weighted by Crippen LogP contribution is 2.17. The predicted octanol–water partition coefficient (Wildman–Crippen LogP) is 1.75. The lowest BCUT2D eigenvalue weighted by molar-refractivity contribution is 0.412. The minimum atomic E-state index is -0.301. The molecule has 0 fully saturated rings. The molecular weight excluding hydrogens is 193 g/mol. The van der Waals surface area contributed by atoms with Gasteiger partial charge in [0.05, 0.1) is 19.2 Å². The van der Waals surface area contributed by atoms with Crippen LogP contribution in [0.5, 0.6) is 5.75 Å². The van der Waals surface area contributed by atoms with Gasteiger partial charge in [-0.3, -0.25) is 4.90 Å². The molecule has 80 valence electrons. The molecule has 0 heterocycles. The van der Waals surface area contributed by atoms with Gasteiger partial charge < -0.3 is 4.74 Å². The van der Waals surface area contributed by atoms with Crippen molar-refractivity contribution in [3.05, 3.63) is 29.6 Å². The number of ether oxygens (including phenoxy) is 1. The molecule has 0 atom stereocenters. The first-order chi connectivity index (χ1) is 7.13. The minimum Gasteiger partial charge on any atom is -0.495 e. The number of halogens is 1. The molecule has 0 N–H and O–H groups in total. The summed E-state index contributed by atoms with van der Waals surface area (Å²) >= 11 is 0. The second kappa shape index (κ2) is 5.38. The third-order valence-electron chi connectivity index (χ3n) is 1.78. The van der Waals surface area contributed by atoms with Crippen molar-refractivity contribution in [2.24, 2.45) is 0 Å². The Hall–Kier alpha value is -1.53. The number of hydrogen-bond donors (Lipinski definition) is 0. The van der Waals surface area contributed by atoms with E-state index >= 15 is 0 Å². The van der Waals surface area contributed by atoms with Gasteiger partial charge in [-0.25, -0.2) is 4.39 Å². The van der Waals surface area contributed by atoms with Crippen molar-refractivity contribution >= 4 is 0 Å². The van der Waals surface area contributed by atoms with Crippen molar-refractivity contribution in [1.82, 2.24) is 4.90 Å². The minimum absolute atomic E-state index is 0.301. The molecule has 0 aliphatic heterocycles. The number of rotatable bonds is 2. The highest BCUT2D eigenvalue weighted by Gasteiger charge is 2.00. The summed E-state index contributed by atoms with van der Waals surface area (Å²) in [5, 5.41) is 0. The monoisotopic (exact) mass is 207 g/mol. The molecule has 0 saturated heterocycles. The third-order valence-corrected chi connectivity index (χ3v) is 1.78. The topological polar surface area (TPSA) is 12.5 Å². The maximum Gasteiger partial charge on any atom is 0.134 e. The van der Waals surface area contributed by atoms with E-state index in [1.807, 2.05) is 19.0 Å². The smallest absolute Gasteiger partial charge is 0.134 e. The fourth-order valence-electron chi connectivity index (χ4n) is 1.07. The molecular formula is C12H14FNO. The highest BCUT2D eigenvalue weighted by atomic mass is 19.1. The fraction of sp³-hybridized carbons (Fsp3) is 0.333. The zero-order valence-electron chi connectivity index (χ0n) is 9.17. The Kier molecular flexibility index (Phi) is 4.14. The van der Waals surface area contributed by atoms with Gasteiger partial charge in [-0.2, -0.15) is 0 Å². The Bertz CT molecular complexity index is 390. The van der Waals surface area contributed by atoms with Crippen molar-refractivity contribution in [3.8, 4) is 17.6 Å². The predicted molar refractivity (Wildman–Crippen MR) is 58.4 cm³/mol. The second-order valence-electron chi connectivity index (χ2n) is 3.38. The van der Waals surface area contributed by atoms with Crippen LogP contribution in [-0.2, 0) is 0 Å². The van der Waals surface area contributed by atoms with Gasteiger partial charge in [0.1, 0.15) is 11.6 Å². The number of benzene rings is 1. The standard InChI is InChI=1S/C12H14FNO/c1-14(2)8-4-5-10-9-11(13)6-7-12(10)15-3/h6-7,9H,8H2,1-3H3. The van der Waals surface area contributed by atoms with Gasteiger partial charge in [0.15, 0.2) is 0 Å². The van der Waals surface area contributed by atoms with Crippen LogP contribution < -0.4 is 4.74 Å². The average Bonchev–Trinajstić information content (AvgIpc) is 2.17. The zero-order chi connectivity index (χ0) is 11.3. The van der Waals surface area contributed by atoms with Crippen LogP contribution in [0.1, 0.15) is 5.56 Å². The van der Waals surface area contributed by atoms with Crippen molar-refractivity contribution in [2.75, 3.05) is 27.7 Å². The quantitative estimate of drug-likeness (QED) is 0.685. The Balaban J connectivity index is 2.90. The molecule has 1 aromatic carbocycles. The second-order valence-corrected chi connectivity index (χ2v) is 3.38. The molecule has 1 rings (SSSR count). The molecule has 2 nitrogen and oxygen atoms in total. The Morgan fingerprint density at radius 1 is 1.40 bits per heavy atom. The Morgan fingerprint density at radius 3 is 2.73 bits per heavy atom. The van der Waals surface area contributed by atoms with Crippen LogP contribution in [0.2, 0.25) is 0 Å². The van der Waals surface area contributed by atoms with E-state index in [0.29, 0.717) is 17.9 Å². The molecule has 0 aliphatic carbocycles. The van der Waals surface area contributed by atoms with Gasteiger partial charge in [0, 0.05) is 0 Å². The lowest BCUT2D eigenvalue weighted by Gasteiger charge is -2.03. The summed E-state index contributed by atoms with van der Waals surface area (Å²) in [4.78, 5) is 1.94. The van der Waals surface area contributed by atoms with Crippen molar-refractivity contribution in [2.45, 2.75) is 0 Å². The number of nitrogens with zero attached hydrogens (tertiary/aromatic N) is 1. The van der Waals surface area contributed by atoms with Gasteiger partial charge in [-0.1, -0.05) is 11.8 Å². The first-order valence-electron chi connectivity index (χ1n) is 4.60. The lowest BCUT2D eigenvalue weighted by Crippen LogP contribution is -2.10. The van der Waals surface area contributed by atoms with E-state index < -0.39 is 0 Å². The van der Waals surface area contributed by atoms with Crippen LogP contribution in [-0.4, -0.2) is 32.6 Å². The molecule has 0 spiro atoms. The third kappa shape index (κ3) is 3.61. The SMILES string of the molecule is COc1ccc(F)cc1C#CCN(C)C. The van der Waals surface area contributed by atoms with Gasteiger partial charge in [0.25, 0.3) is 0 Å². The largest absolute Gasteiger partial charge is 0.495 e. The maximum atomic E-state index is 12.9. The summed E-state index contributed by atoms with van der Waals surface area (Å²) in [6.07, 6.45) is 0. The molecule has 15 heavy (non-hydrogen) atoms. The molecule has 0 radical (unpaired) electrons. The van der Waals surface area contributed by atoms with E-state index in [2.05, 4.69) is 11.8 Å². The summed E-state index contributed by atoms with van der Waals surface area (Å²) in [7, 11) is 5.40. The van der Waals surface area contributed by atoms with Crippen LogP contribution >= 0.6 is 0 Å². The zero-order valence-corrected chi connectivity index (χ0v) is 9.17. The molecule has 0 bridgehead atoms. The molecule has 0 aliphatic rings. The van der Waals surface area contributed by atoms with E-state index in [1.165, 1.54) is 12.1 Å². The van der Waals surface area contributed by atoms with Crippen LogP contribution in [0.25, 0.3) is 0 Å². The number of hydrogen-bond acceptors (Lipinski definition) is 2. The van der Waals surface area contributed by atoms with Crippen LogP contribution in [0.3, 0.4) is 0 Å². The highest BCUT2D eigenvalue weighted by molar-refractivity contribution is 5.46. The van der Waals surface area contributed by atoms with Crippen LogP contribution in [0, 0.1) is 17.7 Å². The summed E-state index contributed by atoms with van der Waals surface area (Å²) in [6.45, 7) is 0.639. The van der Waals surface area contributed by atoms with E-state index in [4.69, 9.17) is 4.74 Å². The van der Waals surface area contributed by atoms with Gasteiger partial charge in [-0.15, -0.1) is 0 Å². The molecule has 0 saturated carbocycles. The van der Waals surface area contributed by atoms with E-state index in [9.17, 15) is 4.39 Å².